The molecule has 0 bridgehead atoms. The molecule has 0 unspecified atom stereocenters. The quantitative estimate of drug-likeness (QED) is 0.315. The maximum absolute atomic E-state index is 9.93. The van der Waals surface area contributed by atoms with Crippen LogP contribution in [0.5, 0.6) is 0 Å². The van der Waals surface area contributed by atoms with Crippen molar-refractivity contribution in [3.8, 4) is 0 Å². The number of aliphatic hydroxyl groups is 1. The summed E-state index contributed by atoms with van der Waals surface area (Å²) >= 11 is 0. The lowest BCUT2D eigenvalue weighted by Gasteiger charge is -2.02. The Kier molecular flexibility index (Phi) is 17.8. The van der Waals surface area contributed by atoms with Crippen LogP contribution in [0.2, 0.25) is 0 Å². The van der Waals surface area contributed by atoms with Crippen molar-refractivity contribution in [3.05, 3.63) is 12.2 Å². The molecule has 20 heavy (non-hydrogen) atoms. The SMILES string of the molecule is O=[C]C=CCCCCCCCCCCCCCCCO. The number of carbonyl (C=O) groups excluding carboxylic acids is 1. The highest BCUT2D eigenvalue weighted by Crippen LogP contribution is 2.12. The van der Waals surface area contributed by atoms with Crippen molar-refractivity contribution >= 4 is 6.29 Å². The summed E-state index contributed by atoms with van der Waals surface area (Å²) in [7, 11) is 0. The number of unbranched alkanes of at least 4 members (excludes halogenated alkanes) is 13. The number of allylic oxidation sites excluding steroid dienone is 2. The average Bonchev–Trinajstić information content (AvgIpc) is 2.47. The van der Waals surface area contributed by atoms with Crippen LogP contribution in [-0.2, 0) is 4.79 Å². The predicted octanol–water partition coefficient (Wildman–Crippen LogP) is 5.11. The van der Waals surface area contributed by atoms with E-state index in [0.717, 1.165) is 12.8 Å². The van der Waals surface area contributed by atoms with Gasteiger partial charge in [0, 0.05) is 6.61 Å². The molecular weight excluding hydrogens is 248 g/mol. The van der Waals surface area contributed by atoms with Gasteiger partial charge in [0.15, 0.2) is 0 Å². The van der Waals surface area contributed by atoms with E-state index in [1.165, 1.54) is 83.1 Å². The Labute approximate surface area is 125 Å². The first kappa shape index (κ1) is 19.4. The third-order valence-electron chi connectivity index (χ3n) is 3.71. The smallest absolute Gasteiger partial charge is 0.225 e. The zero-order valence-corrected chi connectivity index (χ0v) is 13.1. The number of aliphatic hydroxyl groups excluding tert-OH is 1. The van der Waals surface area contributed by atoms with Crippen LogP contribution < -0.4 is 0 Å². The van der Waals surface area contributed by atoms with Crippen LogP contribution in [0.4, 0.5) is 0 Å². The molecular formula is C18H33O2. The van der Waals surface area contributed by atoms with Crippen LogP contribution in [0.25, 0.3) is 0 Å². The predicted molar refractivity (Wildman–Crippen MR) is 86.6 cm³/mol. The topological polar surface area (TPSA) is 37.3 Å². The molecule has 1 N–H and O–H groups in total. The third-order valence-corrected chi connectivity index (χ3v) is 3.71. The molecule has 0 fully saturated rings. The van der Waals surface area contributed by atoms with E-state index in [1.807, 2.05) is 6.08 Å². The van der Waals surface area contributed by atoms with Gasteiger partial charge in [-0.3, -0.25) is 4.79 Å². The molecule has 2 heteroatoms. The second kappa shape index (κ2) is 18.4. The van der Waals surface area contributed by atoms with Gasteiger partial charge in [0.25, 0.3) is 0 Å². The van der Waals surface area contributed by atoms with E-state index in [-0.39, 0.29) is 0 Å². The first-order valence-corrected chi connectivity index (χ1v) is 8.55. The first-order chi connectivity index (χ1) is 9.91. The molecule has 117 valence electrons. The van der Waals surface area contributed by atoms with Crippen LogP contribution in [0.15, 0.2) is 12.2 Å². The van der Waals surface area contributed by atoms with Crippen LogP contribution in [0.3, 0.4) is 0 Å². The van der Waals surface area contributed by atoms with Gasteiger partial charge in [-0.2, -0.15) is 0 Å². The highest BCUT2D eigenvalue weighted by atomic mass is 16.2. The lowest BCUT2D eigenvalue weighted by molar-refractivity contribution is 0.282. The molecule has 0 spiro atoms. The van der Waals surface area contributed by atoms with Crippen molar-refractivity contribution in [2.24, 2.45) is 0 Å². The molecule has 2 nitrogen and oxygen atoms in total. The van der Waals surface area contributed by atoms with Crippen molar-refractivity contribution in [2.45, 2.75) is 89.9 Å². The van der Waals surface area contributed by atoms with E-state index < -0.39 is 0 Å². The minimum absolute atomic E-state index is 0.353. The lowest BCUT2D eigenvalue weighted by Crippen LogP contribution is -1.85. The van der Waals surface area contributed by atoms with Crippen LogP contribution in [-0.4, -0.2) is 18.0 Å². The van der Waals surface area contributed by atoms with Crippen LogP contribution in [0, 0.1) is 0 Å². The number of hydrogen-bond donors (Lipinski definition) is 1. The van der Waals surface area contributed by atoms with E-state index in [2.05, 4.69) is 0 Å². The highest BCUT2D eigenvalue weighted by molar-refractivity contribution is 5.65. The van der Waals surface area contributed by atoms with Gasteiger partial charge in [-0.25, -0.2) is 0 Å². The van der Waals surface area contributed by atoms with Crippen molar-refractivity contribution in [2.75, 3.05) is 6.61 Å². The Hall–Kier alpha value is -0.630. The maximum Gasteiger partial charge on any atom is 0.225 e. The normalized spacial score (nSPS) is 11.2. The molecule has 1 radical (unpaired) electrons. The summed E-state index contributed by atoms with van der Waals surface area (Å²) in [5.41, 5.74) is 0. The van der Waals surface area contributed by atoms with Gasteiger partial charge in [-0.1, -0.05) is 76.7 Å². The Morgan fingerprint density at radius 2 is 1.05 bits per heavy atom. The second-order valence-corrected chi connectivity index (χ2v) is 5.63. The molecule has 0 aromatic heterocycles. The molecule has 0 aliphatic rings. The summed E-state index contributed by atoms with van der Waals surface area (Å²) in [6, 6.07) is 0. The standard InChI is InChI=1S/C18H33O2/c19-17-15-13-11-9-7-5-3-1-2-4-6-8-10-12-14-16-18-20/h13,15,20H,1-12,14,16,18H2. The second-order valence-electron chi connectivity index (χ2n) is 5.63. The van der Waals surface area contributed by atoms with E-state index in [0.29, 0.717) is 6.61 Å². The van der Waals surface area contributed by atoms with Gasteiger partial charge < -0.3 is 5.11 Å². The average molecular weight is 281 g/mol. The number of hydrogen-bond acceptors (Lipinski definition) is 2. The fourth-order valence-corrected chi connectivity index (χ4v) is 2.45. The minimum atomic E-state index is 0.353. The van der Waals surface area contributed by atoms with Crippen LogP contribution in [0.1, 0.15) is 89.9 Å². The molecule has 0 heterocycles. The van der Waals surface area contributed by atoms with Gasteiger partial charge in [-0.05, 0) is 25.3 Å². The lowest BCUT2D eigenvalue weighted by atomic mass is 10.0. The summed E-state index contributed by atoms with van der Waals surface area (Å²) in [6.07, 6.45) is 23.1. The molecule has 0 saturated carbocycles. The molecule has 0 rings (SSSR count). The Bertz CT molecular complexity index is 211. The van der Waals surface area contributed by atoms with E-state index >= 15 is 0 Å². The summed E-state index contributed by atoms with van der Waals surface area (Å²) in [4.78, 5) is 9.93. The van der Waals surface area contributed by atoms with Crippen LogP contribution >= 0.6 is 0 Å². The summed E-state index contributed by atoms with van der Waals surface area (Å²) in [5, 5.41) is 8.66. The van der Waals surface area contributed by atoms with Crippen molar-refractivity contribution in [3.63, 3.8) is 0 Å². The monoisotopic (exact) mass is 281 g/mol. The van der Waals surface area contributed by atoms with E-state index in [4.69, 9.17) is 5.11 Å². The molecule has 0 aliphatic carbocycles. The molecule has 0 saturated heterocycles. The van der Waals surface area contributed by atoms with Crippen molar-refractivity contribution in [1.82, 2.24) is 0 Å². The zero-order chi connectivity index (χ0) is 14.7. The van der Waals surface area contributed by atoms with Gasteiger partial charge in [-0.15, -0.1) is 0 Å². The largest absolute Gasteiger partial charge is 0.396 e. The summed E-state index contributed by atoms with van der Waals surface area (Å²) in [6.45, 7) is 0.353. The van der Waals surface area contributed by atoms with Gasteiger partial charge >= 0.3 is 0 Å². The minimum Gasteiger partial charge on any atom is -0.396 e. The summed E-state index contributed by atoms with van der Waals surface area (Å²) < 4.78 is 0. The molecule has 0 amide bonds. The Morgan fingerprint density at radius 3 is 1.45 bits per heavy atom. The Morgan fingerprint density at radius 1 is 0.650 bits per heavy atom. The number of rotatable bonds is 16. The molecule has 0 aromatic carbocycles. The zero-order valence-electron chi connectivity index (χ0n) is 13.1. The third kappa shape index (κ3) is 17.4. The maximum atomic E-state index is 9.93. The van der Waals surface area contributed by atoms with Crippen molar-refractivity contribution < 1.29 is 9.90 Å². The molecule has 0 aromatic rings. The van der Waals surface area contributed by atoms with E-state index in [9.17, 15) is 4.79 Å². The van der Waals surface area contributed by atoms with Gasteiger partial charge in [0.05, 0.1) is 0 Å². The van der Waals surface area contributed by atoms with E-state index in [1.54, 1.807) is 6.29 Å². The first-order valence-electron chi connectivity index (χ1n) is 8.55. The fraction of sp³-hybridized carbons (Fsp3) is 0.833. The Balaban J connectivity index is 2.95. The van der Waals surface area contributed by atoms with Gasteiger partial charge in [0.1, 0.15) is 0 Å². The van der Waals surface area contributed by atoms with Crippen molar-refractivity contribution in [1.29, 1.82) is 0 Å². The molecule has 0 atom stereocenters. The molecule has 0 aliphatic heterocycles. The van der Waals surface area contributed by atoms with Gasteiger partial charge in [0.2, 0.25) is 6.29 Å². The fourth-order valence-electron chi connectivity index (χ4n) is 2.45. The highest BCUT2D eigenvalue weighted by Gasteiger charge is 1.93. The summed E-state index contributed by atoms with van der Waals surface area (Å²) in [5.74, 6) is 0.